The molecule has 1 aromatic rings. The monoisotopic (exact) mass is 236 g/mol. The van der Waals surface area contributed by atoms with E-state index in [0.717, 1.165) is 23.2 Å². The average molecular weight is 236 g/mol. The molecule has 4 heteroatoms. The van der Waals surface area contributed by atoms with E-state index in [-0.39, 0.29) is 12.6 Å². The number of benzene rings is 1. The van der Waals surface area contributed by atoms with E-state index in [1.807, 2.05) is 25.1 Å². The third-order valence-corrected chi connectivity index (χ3v) is 2.60. The summed E-state index contributed by atoms with van der Waals surface area (Å²) in [5.41, 5.74) is 3.07. The minimum Gasteiger partial charge on any atom is -0.396 e. The van der Waals surface area contributed by atoms with E-state index >= 15 is 0 Å². The molecule has 0 bridgehead atoms. The van der Waals surface area contributed by atoms with E-state index in [9.17, 15) is 4.79 Å². The number of carbonyl (C=O) groups excluding carboxylic acids is 1. The molecule has 0 atom stereocenters. The number of urea groups is 1. The minimum absolute atomic E-state index is 0.0881. The largest absolute Gasteiger partial charge is 0.396 e. The van der Waals surface area contributed by atoms with Crippen LogP contribution in [-0.4, -0.2) is 24.3 Å². The number of carbonyl (C=O) groups is 1. The zero-order chi connectivity index (χ0) is 12.7. The van der Waals surface area contributed by atoms with Crippen LogP contribution in [0, 0.1) is 6.92 Å². The van der Waals surface area contributed by atoms with Crippen LogP contribution in [0.25, 0.3) is 0 Å². The first-order chi connectivity index (χ1) is 8.19. The number of anilines is 1. The van der Waals surface area contributed by atoms with Crippen LogP contribution >= 0.6 is 0 Å². The lowest BCUT2D eigenvalue weighted by molar-refractivity contribution is 0.249. The van der Waals surface area contributed by atoms with Crippen LogP contribution in [0.4, 0.5) is 10.5 Å². The summed E-state index contributed by atoms with van der Waals surface area (Å²) in [7, 11) is 0. The van der Waals surface area contributed by atoms with Gasteiger partial charge in [0.2, 0.25) is 0 Å². The van der Waals surface area contributed by atoms with E-state index in [1.54, 1.807) is 0 Å². The molecule has 0 spiro atoms. The van der Waals surface area contributed by atoms with Crippen molar-refractivity contribution in [2.24, 2.45) is 0 Å². The first-order valence-electron chi connectivity index (χ1n) is 5.93. The second-order valence-corrected chi connectivity index (χ2v) is 3.92. The summed E-state index contributed by atoms with van der Waals surface area (Å²) in [4.78, 5) is 11.6. The fourth-order valence-corrected chi connectivity index (χ4v) is 1.64. The van der Waals surface area contributed by atoms with Crippen molar-refractivity contribution in [2.45, 2.75) is 26.7 Å². The van der Waals surface area contributed by atoms with Crippen molar-refractivity contribution in [2.75, 3.05) is 18.5 Å². The number of rotatable bonds is 5. The molecule has 4 nitrogen and oxygen atoms in total. The molecule has 3 N–H and O–H groups in total. The van der Waals surface area contributed by atoms with Crippen molar-refractivity contribution in [3.63, 3.8) is 0 Å². The highest BCUT2D eigenvalue weighted by molar-refractivity contribution is 5.91. The van der Waals surface area contributed by atoms with Gasteiger partial charge in [-0.25, -0.2) is 4.79 Å². The van der Waals surface area contributed by atoms with Gasteiger partial charge in [0.15, 0.2) is 0 Å². The molecule has 0 aliphatic heterocycles. The molecule has 0 heterocycles. The average Bonchev–Trinajstić information content (AvgIpc) is 2.32. The van der Waals surface area contributed by atoms with Crippen LogP contribution in [0.5, 0.6) is 0 Å². The van der Waals surface area contributed by atoms with Crippen molar-refractivity contribution in [1.82, 2.24) is 5.32 Å². The van der Waals surface area contributed by atoms with E-state index in [0.29, 0.717) is 13.0 Å². The Morgan fingerprint density at radius 2 is 2.18 bits per heavy atom. The number of aliphatic hydroxyl groups excluding tert-OH is 1. The quantitative estimate of drug-likeness (QED) is 0.685. The molecule has 17 heavy (non-hydrogen) atoms. The maximum Gasteiger partial charge on any atom is 0.319 e. The zero-order valence-electron chi connectivity index (χ0n) is 10.4. The van der Waals surface area contributed by atoms with E-state index in [4.69, 9.17) is 5.11 Å². The second kappa shape index (κ2) is 6.91. The lowest BCUT2D eigenvalue weighted by Crippen LogP contribution is -2.30. The van der Waals surface area contributed by atoms with Crippen LogP contribution in [-0.2, 0) is 6.42 Å². The Morgan fingerprint density at radius 3 is 2.82 bits per heavy atom. The molecule has 0 saturated heterocycles. The molecule has 0 unspecified atom stereocenters. The van der Waals surface area contributed by atoms with Crippen LogP contribution in [0.3, 0.4) is 0 Å². The van der Waals surface area contributed by atoms with Gasteiger partial charge in [0.25, 0.3) is 0 Å². The number of nitrogens with one attached hydrogen (secondary N) is 2. The fourth-order valence-electron chi connectivity index (χ4n) is 1.64. The van der Waals surface area contributed by atoms with Crippen molar-refractivity contribution in [1.29, 1.82) is 0 Å². The highest BCUT2D eigenvalue weighted by atomic mass is 16.3. The normalized spacial score (nSPS) is 10.1. The summed E-state index contributed by atoms with van der Waals surface area (Å²) in [6.45, 7) is 4.60. The van der Waals surface area contributed by atoms with Crippen molar-refractivity contribution in [3.8, 4) is 0 Å². The summed E-state index contributed by atoms with van der Waals surface area (Å²) in [5, 5.41) is 14.2. The number of hydrogen-bond acceptors (Lipinski definition) is 2. The van der Waals surface area contributed by atoms with Gasteiger partial charge in [0.05, 0.1) is 0 Å². The molecule has 1 aromatic carbocycles. The highest BCUT2D eigenvalue weighted by Gasteiger charge is 2.07. The van der Waals surface area contributed by atoms with Crippen LogP contribution in [0.1, 0.15) is 24.5 Å². The summed E-state index contributed by atoms with van der Waals surface area (Å²) in [6.07, 6.45) is 1.45. The number of hydrogen-bond donors (Lipinski definition) is 3. The van der Waals surface area contributed by atoms with Gasteiger partial charge in [-0.1, -0.05) is 25.1 Å². The first kappa shape index (κ1) is 13.5. The lowest BCUT2D eigenvalue weighted by atomic mass is 10.1. The summed E-state index contributed by atoms with van der Waals surface area (Å²) in [6, 6.07) is 5.75. The Balaban J connectivity index is 2.64. The molecule has 0 saturated carbocycles. The first-order valence-corrected chi connectivity index (χ1v) is 5.93. The van der Waals surface area contributed by atoms with Gasteiger partial charge >= 0.3 is 6.03 Å². The van der Waals surface area contributed by atoms with Gasteiger partial charge in [-0.3, -0.25) is 0 Å². The van der Waals surface area contributed by atoms with Gasteiger partial charge in [0, 0.05) is 18.8 Å². The van der Waals surface area contributed by atoms with Gasteiger partial charge in [-0.2, -0.15) is 0 Å². The smallest absolute Gasteiger partial charge is 0.319 e. The van der Waals surface area contributed by atoms with Gasteiger partial charge in [-0.05, 0) is 30.9 Å². The summed E-state index contributed by atoms with van der Waals surface area (Å²) < 4.78 is 0. The third kappa shape index (κ3) is 4.07. The Morgan fingerprint density at radius 1 is 1.41 bits per heavy atom. The van der Waals surface area contributed by atoms with E-state index in [2.05, 4.69) is 17.6 Å². The zero-order valence-corrected chi connectivity index (χ0v) is 10.4. The molecule has 0 radical (unpaired) electrons. The van der Waals surface area contributed by atoms with Gasteiger partial charge in [-0.15, -0.1) is 0 Å². The number of aryl methyl sites for hydroxylation is 2. The van der Waals surface area contributed by atoms with Crippen molar-refractivity contribution < 1.29 is 9.90 Å². The van der Waals surface area contributed by atoms with Gasteiger partial charge in [0.1, 0.15) is 0 Å². The summed E-state index contributed by atoms with van der Waals surface area (Å²) in [5.74, 6) is 0. The standard InChI is InChI=1S/C13H20N2O2/c1-3-11-7-4-6-10(2)12(11)15-13(17)14-8-5-9-16/h4,6-7,16H,3,5,8-9H2,1-2H3,(H2,14,15,17). The van der Waals surface area contributed by atoms with Crippen molar-refractivity contribution in [3.05, 3.63) is 29.3 Å². The maximum absolute atomic E-state index is 11.6. The molecule has 94 valence electrons. The topological polar surface area (TPSA) is 61.4 Å². The summed E-state index contributed by atoms with van der Waals surface area (Å²) >= 11 is 0. The second-order valence-electron chi connectivity index (χ2n) is 3.92. The molecule has 0 aliphatic carbocycles. The predicted octanol–water partition coefficient (Wildman–Crippen LogP) is 2.06. The molecule has 0 aromatic heterocycles. The predicted molar refractivity (Wildman–Crippen MR) is 69.3 cm³/mol. The van der Waals surface area contributed by atoms with Crippen LogP contribution < -0.4 is 10.6 Å². The lowest BCUT2D eigenvalue weighted by Gasteiger charge is -2.13. The van der Waals surface area contributed by atoms with Crippen LogP contribution in [0.15, 0.2) is 18.2 Å². The van der Waals surface area contributed by atoms with E-state index < -0.39 is 0 Å². The Kier molecular flexibility index (Phi) is 5.49. The maximum atomic E-state index is 11.6. The van der Waals surface area contributed by atoms with E-state index in [1.165, 1.54) is 0 Å². The molecule has 0 aliphatic rings. The molecular weight excluding hydrogens is 216 g/mol. The Bertz CT molecular complexity index is 378. The van der Waals surface area contributed by atoms with Gasteiger partial charge < -0.3 is 15.7 Å². The Hall–Kier alpha value is -1.55. The molecule has 0 fully saturated rings. The SMILES string of the molecule is CCc1cccc(C)c1NC(=O)NCCCO. The minimum atomic E-state index is -0.220. The number of para-hydroxylation sites is 1. The van der Waals surface area contributed by atoms with Crippen LogP contribution in [0.2, 0.25) is 0 Å². The number of amides is 2. The third-order valence-electron chi connectivity index (χ3n) is 2.60. The molecule has 2 amide bonds. The highest BCUT2D eigenvalue weighted by Crippen LogP contribution is 2.20. The molecule has 1 rings (SSSR count). The Labute approximate surface area is 102 Å². The van der Waals surface area contributed by atoms with Crippen molar-refractivity contribution >= 4 is 11.7 Å². The number of aliphatic hydroxyl groups is 1. The molecular formula is C13H20N2O2. The fraction of sp³-hybridized carbons (Fsp3) is 0.462.